The second kappa shape index (κ2) is 7.08. The van der Waals surface area contributed by atoms with Crippen molar-refractivity contribution < 1.29 is 17.6 Å². The van der Waals surface area contributed by atoms with Crippen LogP contribution in [0.15, 0.2) is 30.9 Å². The smallest absolute Gasteiger partial charge is 0.241 e. The van der Waals surface area contributed by atoms with E-state index in [-0.39, 0.29) is 29.1 Å². The number of hydrogen-bond donors (Lipinski definition) is 0. The van der Waals surface area contributed by atoms with Gasteiger partial charge in [0, 0.05) is 42.3 Å². The molecule has 3 aromatic rings. The maximum Gasteiger partial charge on any atom is 0.451 e. The fraction of sp³-hybridized carbons (Fsp3) is 0.133. The van der Waals surface area contributed by atoms with E-state index in [9.17, 15) is 17.6 Å². The first-order valence-electron chi connectivity index (χ1n) is 6.95. The lowest BCUT2D eigenvalue weighted by atomic mass is 10.1. The van der Waals surface area contributed by atoms with Crippen molar-refractivity contribution in [2.75, 3.05) is 0 Å². The second-order valence-electron chi connectivity index (χ2n) is 5.06. The Hall–Kier alpha value is -2.39. The van der Waals surface area contributed by atoms with Crippen molar-refractivity contribution in [1.29, 1.82) is 0 Å². The maximum absolute atomic E-state index is 13.7. The quantitative estimate of drug-likeness (QED) is 0.479. The molecule has 0 unspecified atom stereocenters. The van der Waals surface area contributed by atoms with Crippen LogP contribution < -0.4 is 0 Å². The molecular formula is C15H7Cl2F4N5. The van der Waals surface area contributed by atoms with Crippen molar-refractivity contribution in [3.05, 3.63) is 64.1 Å². The van der Waals surface area contributed by atoms with Gasteiger partial charge in [0.15, 0.2) is 11.0 Å². The molecule has 0 radical (unpaired) electrons. The highest BCUT2D eigenvalue weighted by Gasteiger charge is 2.35. The SMILES string of the molecule is Fc1cc(-c2nc(C(F)(F)F)ncc2Cc2ncc(Cl)cn2)cnc1Cl. The molecule has 3 aromatic heterocycles. The lowest BCUT2D eigenvalue weighted by Gasteiger charge is -2.12. The van der Waals surface area contributed by atoms with Crippen LogP contribution in [0.4, 0.5) is 17.6 Å². The van der Waals surface area contributed by atoms with E-state index in [0.29, 0.717) is 5.02 Å². The van der Waals surface area contributed by atoms with Crippen molar-refractivity contribution in [1.82, 2.24) is 24.9 Å². The molecule has 0 atom stereocenters. The van der Waals surface area contributed by atoms with Gasteiger partial charge in [-0.15, -0.1) is 0 Å². The van der Waals surface area contributed by atoms with Gasteiger partial charge in [0.05, 0.1) is 10.7 Å². The lowest BCUT2D eigenvalue weighted by Crippen LogP contribution is -2.13. The average molecular weight is 404 g/mol. The third-order valence-electron chi connectivity index (χ3n) is 3.21. The standard InChI is InChI=1S/C15H7Cl2F4N5/c16-9-5-22-11(23-6-9)2-8-4-25-14(15(19,20)21)26-12(8)7-1-10(18)13(17)24-3-7/h1,3-6H,2H2. The summed E-state index contributed by atoms with van der Waals surface area (Å²) in [6, 6.07) is 0.948. The Balaban J connectivity index is 2.10. The summed E-state index contributed by atoms with van der Waals surface area (Å²) in [5.41, 5.74) is 0.126. The van der Waals surface area contributed by atoms with Gasteiger partial charge in [-0.2, -0.15) is 13.2 Å². The van der Waals surface area contributed by atoms with E-state index in [4.69, 9.17) is 23.2 Å². The van der Waals surface area contributed by atoms with Gasteiger partial charge in [-0.05, 0) is 6.07 Å². The average Bonchev–Trinajstić information content (AvgIpc) is 2.59. The molecule has 0 bridgehead atoms. The van der Waals surface area contributed by atoms with Crippen molar-refractivity contribution in [3.63, 3.8) is 0 Å². The van der Waals surface area contributed by atoms with Crippen LogP contribution >= 0.6 is 23.2 Å². The zero-order chi connectivity index (χ0) is 18.9. The van der Waals surface area contributed by atoms with E-state index in [0.717, 1.165) is 18.5 Å². The summed E-state index contributed by atoms with van der Waals surface area (Å²) in [7, 11) is 0. The van der Waals surface area contributed by atoms with Crippen LogP contribution in [0.25, 0.3) is 11.3 Å². The van der Waals surface area contributed by atoms with Gasteiger partial charge < -0.3 is 0 Å². The van der Waals surface area contributed by atoms with Gasteiger partial charge in [-0.1, -0.05) is 23.2 Å². The summed E-state index contributed by atoms with van der Waals surface area (Å²) < 4.78 is 52.6. The lowest BCUT2D eigenvalue weighted by molar-refractivity contribution is -0.144. The van der Waals surface area contributed by atoms with Crippen molar-refractivity contribution in [3.8, 4) is 11.3 Å². The first-order valence-corrected chi connectivity index (χ1v) is 7.70. The number of halogens is 6. The highest BCUT2D eigenvalue weighted by molar-refractivity contribution is 6.30. The molecule has 11 heteroatoms. The first-order chi connectivity index (χ1) is 12.2. The van der Waals surface area contributed by atoms with Gasteiger partial charge in [-0.25, -0.2) is 29.3 Å². The Kier molecular flexibility index (Phi) is 5.01. The summed E-state index contributed by atoms with van der Waals surface area (Å²) >= 11 is 11.2. The Morgan fingerprint density at radius 1 is 0.923 bits per heavy atom. The molecule has 3 heterocycles. The minimum absolute atomic E-state index is 0.00881. The topological polar surface area (TPSA) is 64.5 Å². The summed E-state index contributed by atoms with van der Waals surface area (Å²) in [5, 5.41) is -0.0944. The number of alkyl halides is 3. The molecule has 134 valence electrons. The summed E-state index contributed by atoms with van der Waals surface area (Å²) in [5.74, 6) is -1.96. The van der Waals surface area contributed by atoms with Crippen LogP contribution in [0.1, 0.15) is 17.2 Å². The Morgan fingerprint density at radius 2 is 1.62 bits per heavy atom. The largest absolute Gasteiger partial charge is 0.451 e. The minimum atomic E-state index is -4.76. The van der Waals surface area contributed by atoms with Crippen molar-refractivity contribution >= 4 is 23.2 Å². The number of hydrogen-bond acceptors (Lipinski definition) is 5. The number of aromatic nitrogens is 5. The molecule has 0 aliphatic rings. The van der Waals surface area contributed by atoms with E-state index in [1.165, 1.54) is 12.4 Å². The normalized spacial score (nSPS) is 11.6. The predicted molar refractivity (Wildman–Crippen MR) is 85.1 cm³/mol. The van der Waals surface area contributed by atoms with Crippen LogP contribution in [-0.4, -0.2) is 24.9 Å². The molecule has 0 aromatic carbocycles. The highest BCUT2D eigenvalue weighted by atomic mass is 35.5. The number of rotatable bonds is 3. The summed E-state index contributed by atoms with van der Waals surface area (Å²) in [4.78, 5) is 18.4. The maximum atomic E-state index is 13.7. The molecule has 0 aliphatic carbocycles. The molecule has 0 saturated carbocycles. The molecule has 5 nitrogen and oxygen atoms in total. The van der Waals surface area contributed by atoms with Gasteiger partial charge in [0.2, 0.25) is 5.82 Å². The van der Waals surface area contributed by atoms with Gasteiger partial charge in [0.1, 0.15) is 5.82 Å². The fourth-order valence-corrected chi connectivity index (χ4v) is 2.27. The monoisotopic (exact) mass is 403 g/mol. The van der Waals surface area contributed by atoms with Gasteiger partial charge in [-0.3, -0.25) is 0 Å². The Bertz CT molecular complexity index is 948. The molecule has 3 rings (SSSR count). The molecule has 0 aliphatic heterocycles. The molecule has 0 spiro atoms. The third-order valence-corrected chi connectivity index (χ3v) is 3.68. The molecule has 0 amide bonds. The molecule has 26 heavy (non-hydrogen) atoms. The number of pyridine rings is 1. The van der Waals surface area contributed by atoms with E-state index in [1.807, 2.05) is 0 Å². The first kappa shape index (κ1) is 18.4. The van der Waals surface area contributed by atoms with Crippen LogP contribution in [-0.2, 0) is 12.6 Å². The minimum Gasteiger partial charge on any atom is -0.241 e. The predicted octanol–water partition coefficient (Wildman–Crippen LogP) is 4.38. The van der Waals surface area contributed by atoms with E-state index >= 15 is 0 Å². The van der Waals surface area contributed by atoms with Crippen LogP contribution in [0.5, 0.6) is 0 Å². The summed E-state index contributed by atoms with van der Waals surface area (Å²) in [6.07, 6.45) is 0.0587. The van der Waals surface area contributed by atoms with Crippen molar-refractivity contribution in [2.45, 2.75) is 12.6 Å². The molecule has 0 saturated heterocycles. The van der Waals surface area contributed by atoms with E-state index in [1.54, 1.807) is 0 Å². The molecule has 0 fully saturated rings. The second-order valence-corrected chi connectivity index (χ2v) is 5.85. The Morgan fingerprint density at radius 3 is 2.23 bits per heavy atom. The van der Waals surface area contributed by atoms with Crippen molar-refractivity contribution in [2.24, 2.45) is 0 Å². The van der Waals surface area contributed by atoms with Gasteiger partial charge >= 0.3 is 6.18 Å². The Labute approximate surface area is 154 Å². The molecular weight excluding hydrogens is 397 g/mol. The summed E-state index contributed by atoms with van der Waals surface area (Å²) in [6.45, 7) is 0. The fourth-order valence-electron chi connectivity index (χ4n) is 2.07. The van der Waals surface area contributed by atoms with Gasteiger partial charge in [0.25, 0.3) is 0 Å². The zero-order valence-electron chi connectivity index (χ0n) is 12.6. The van der Waals surface area contributed by atoms with Crippen LogP contribution in [0.2, 0.25) is 10.2 Å². The van der Waals surface area contributed by atoms with Crippen LogP contribution in [0.3, 0.4) is 0 Å². The zero-order valence-corrected chi connectivity index (χ0v) is 14.1. The van der Waals surface area contributed by atoms with Crippen LogP contribution in [0, 0.1) is 5.82 Å². The highest BCUT2D eigenvalue weighted by Crippen LogP contribution is 2.30. The van der Waals surface area contributed by atoms with E-state index in [2.05, 4.69) is 24.9 Å². The molecule has 0 N–H and O–H groups in total. The number of nitrogens with zero attached hydrogens (tertiary/aromatic N) is 5. The third kappa shape index (κ3) is 4.05. The van der Waals surface area contributed by atoms with E-state index < -0.39 is 23.0 Å².